The van der Waals surface area contributed by atoms with E-state index in [1.165, 1.54) is 12.3 Å². The molecule has 3 amide bonds. The summed E-state index contributed by atoms with van der Waals surface area (Å²) in [7, 11) is 0. The number of rotatable bonds is 9. The molecule has 42 heavy (non-hydrogen) atoms. The van der Waals surface area contributed by atoms with Gasteiger partial charge in [0, 0.05) is 11.1 Å². The summed E-state index contributed by atoms with van der Waals surface area (Å²) in [5.41, 5.74) is 3.49. The molecule has 0 heterocycles. The number of halogens is 1. The molecule has 0 aliphatic heterocycles. The molecule has 1 fully saturated rings. The highest BCUT2D eigenvalue weighted by molar-refractivity contribution is 6.40. The van der Waals surface area contributed by atoms with Gasteiger partial charge in [0.2, 0.25) is 0 Å². The van der Waals surface area contributed by atoms with Crippen molar-refractivity contribution < 1.29 is 28.7 Å². The zero-order valence-corrected chi connectivity index (χ0v) is 23.8. The summed E-state index contributed by atoms with van der Waals surface area (Å²) in [4.78, 5) is 50.3. The summed E-state index contributed by atoms with van der Waals surface area (Å²) >= 11 is 5.88. The van der Waals surface area contributed by atoms with Gasteiger partial charge in [-0.2, -0.15) is 5.10 Å². The number of carbonyl (C=O) groups is 4. The fraction of sp³-hybridized carbons (Fsp3) is 0.258. The second-order valence-electron chi connectivity index (χ2n) is 9.54. The van der Waals surface area contributed by atoms with Crippen LogP contribution in [0.1, 0.15) is 65.3 Å². The molecule has 3 N–H and O–H groups in total. The van der Waals surface area contributed by atoms with E-state index in [9.17, 15) is 19.2 Å². The summed E-state index contributed by atoms with van der Waals surface area (Å²) in [6.07, 6.45) is 6.45. The minimum atomic E-state index is -1.02. The third-order valence-corrected chi connectivity index (χ3v) is 6.75. The van der Waals surface area contributed by atoms with Crippen molar-refractivity contribution >= 4 is 47.2 Å². The Morgan fingerprint density at radius 2 is 1.67 bits per heavy atom. The molecule has 11 heteroatoms. The van der Waals surface area contributed by atoms with Crippen molar-refractivity contribution in [2.24, 2.45) is 5.10 Å². The molecular formula is C31H31ClN4O6. The lowest BCUT2D eigenvalue weighted by atomic mass is 9.95. The van der Waals surface area contributed by atoms with Crippen molar-refractivity contribution in [2.45, 2.75) is 45.1 Å². The van der Waals surface area contributed by atoms with E-state index in [2.05, 4.69) is 21.2 Å². The maximum Gasteiger partial charge on any atom is 0.343 e. The van der Waals surface area contributed by atoms with Crippen LogP contribution in [0.25, 0.3) is 0 Å². The molecule has 1 aliphatic rings. The summed E-state index contributed by atoms with van der Waals surface area (Å²) in [5.74, 6) is -2.40. The number of amides is 3. The zero-order chi connectivity index (χ0) is 29.9. The Labute approximate surface area is 248 Å². The molecule has 10 nitrogen and oxygen atoms in total. The van der Waals surface area contributed by atoms with Crippen molar-refractivity contribution in [1.82, 2.24) is 10.7 Å². The third kappa shape index (κ3) is 8.40. The van der Waals surface area contributed by atoms with Crippen molar-refractivity contribution in [1.29, 1.82) is 0 Å². The number of nitrogens with zero attached hydrogens (tertiary/aromatic N) is 1. The second kappa shape index (κ2) is 14.8. The van der Waals surface area contributed by atoms with Gasteiger partial charge in [0.15, 0.2) is 11.5 Å². The van der Waals surface area contributed by atoms with E-state index in [4.69, 9.17) is 21.1 Å². The van der Waals surface area contributed by atoms with E-state index in [0.29, 0.717) is 22.8 Å². The Morgan fingerprint density at radius 3 is 2.40 bits per heavy atom. The Hall–Kier alpha value is -4.70. The lowest BCUT2D eigenvalue weighted by molar-refractivity contribution is -0.136. The van der Waals surface area contributed by atoms with Crippen LogP contribution >= 0.6 is 11.6 Å². The van der Waals surface area contributed by atoms with Crippen LogP contribution in [-0.2, 0) is 9.59 Å². The van der Waals surface area contributed by atoms with Gasteiger partial charge in [0.05, 0.1) is 29.6 Å². The lowest BCUT2D eigenvalue weighted by Gasteiger charge is -2.23. The fourth-order valence-electron chi connectivity index (χ4n) is 4.40. The first-order valence-electron chi connectivity index (χ1n) is 13.6. The maximum atomic E-state index is 12.8. The van der Waals surface area contributed by atoms with E-state index < -0.39 is 17.8 Å². The molecule has 3 aromatic rings. The van der Waals surface area contributed by atoms with Gasteiger partial charge >= 0.3 is 17.8 Å². The van der Waals surface area contributed by atoms with Crippen LogP contribution in [0.3, 0.4) is 0 Å². The Bertz CT molecular complexity index is 1470. The number of ether oxygens (including phenoxy) is 2. The van der Waals surface area contributed by atoms with Gasteiger partial charge in [0.25, 0.3) is 5.91 Å². The predicted octanol–water partition coefficient (Wildman–Crippen LogP) is 5.11. The quantitative estimate of drug-likeness (QED) is 0.104. The Kier molecular flexibility index (Phi) is 10.7. The number of hydrazone groups is 1. The molecule has 0 radical (unpaired) electrons. The number of anilines is 1. The average molecular weight is 591 g/mol. The SMILES string of the molecule is CCOc1cc(/C=N\NC(=O)C(=O)Nc2ccccc2C(=O)NC2CCCCC2)ccc1OC(=O)c1ccc(Cl)cc1. The first-order chi connectivity index (χ1) is 20.3. The van der Waals surface area contributed by atoms with Crippen LogP contribution in [0.4, 0.5) is 5.69 Å². The highest BCUT2D eigenvalue weighted by atomic mass is 35.5. The first-order valence-corrected chi connectivity index (χ1v) is 14.0. The van der Waals surface area contributed by atoms with Crippen LogP contribution in [0.15, 0.2) is 71.8 Å². The lowest BCUT2D eigenvalue weighted by Crippen LogP contribution is -2.37. The van der Waals surface area contributed by atoms with Crippen LogP contribution in [0, 0.1) is 0 Å². The molecule has 4 rings (SSSR count). The molecule has 1 aliphatic carbocycles. The fourth-order valence-corrected chi connectivity index (χ4v) is 4.52. The van der Waals surface area contributed by atoms with E-state index in [1.54, 1.807) is 67.6 Å². The number of hydrogen-bond acceptors (Lipinski definition) is 7. The average Bonchev–Trinajstić information content (AvgIpc) is 2.99. The maximum absolute atomic E-state index is 12.8. The molecule has 0 bridgehead atoms. The molecule has 1 saturated carbocycles. The van der Waals surface area contributed by atoms with Gasteiger partial charge < -0.3 is 20.1 Å². The Balaban J connectivity index is 1.35. The largest absolute Gasteiger partial charge is 0.490 e. The normalized spacial score (nSPS) is 13.3. The number of hydrogen-bond donors (Lipinski definition) is 3. The number of benzene rings is 3. The van der Waals surface area contributed by atoms with E-state index in [0.717, 1.165) is 32.1 Å². The molecule has 0 atom stereocenters. The van der Waals surface area contributed by atoms with Crippen molar-refractivity contribution in [3.8, 4) is 11.5 Å². The smallest absolute Gasteiger partial charge is 0.343 e. The van der Waals surface area contributed by atoms with Gasteiger partial charge in [-0.15, -0.1) is 0 Å². The number of nitrogens with one attached hydrogen (secondary N) is 3. The molecule has 0 saturated heterocycles. The third-order valence-electron chi connectivity index (χ3n) is 6.50. The number of para-hydroxylation sites is 1. The van der Waals surface area contributed by atoms with Crippen LogP contribution in [-0.4, -0.2) is 42.6 Å². The minimum absolute atomic E-state index is 0.0977. The minimum Gasteiger partial charge on any atom is -0.490 e. The van der Waals surface area contributed by atoms with Crippen LogP contribution < -0.4 is 25.5 Å². The highest BCUT2D eigenvalue weighted by Crippen LogP contribution is 2.29. The molecule has 0 aromatic heterocycles. The Morgan fingerprint density at radius 1 is 0.929 bits per heavy atom. The van der Waals surface area contributed by atoms with E-state index >= 15 is 0 Å². The van der Waals surface area contributed by atoms with Gasteiger partial charge in [-0.3, -0.25) is 14.4 Å². The first kappa shape index (κ1) is 30.3. The van der Waals surface area contributed by atoms with Crippen molar-refractivity contribution in [3.63, 3.8) is 0 Å². The van der Waals surface area contributed by atoms with Crippen molar-refractivity contribution in [2.75, 3.05) is 11.9 Å². The van der Waals surface area contributed by atoms with Gasteiger partial charge in [0.1, 0.15) is 0 Å². The van der Waals surface area contributed by atoms with E-state index in [1.807, 2.05) is 0 Å². The van der Waals surface area contributed by atoms with Gasteiger partial charge in [-0.1, -0.05) is 43.0 Å². The predicted molar refractivity (Wildman–Crippen MR) is 159 cm³/mol. The molecule has 0 spiro atoms. The summed E-state index contributed by atoms with van der Waals surface area (Å²) < 4.78 is 11.1. The number of esters is 1. The van der Waals surface area contributed by atoms with Crippen LogP contribution in [0.5, 0.6) is 11.5 Å². The molecule has 3 aromatic carbocycles. The second-order valence-corrected chi connectivity index (χ2v) is 9.98. The summed E-state index contributed by atoms with van der Waals surface area (Å²) in [5, 5.41) is 9.84. The highest BCUT2D eigenvalue weighted by Gasteiger charge is 2.21. The molecule has 218 valence electrons. The zero-order valence-electron chi connectivity index (χ0n) is 23.0. The topological polar surface area (TPSA) is 135 Å². The molecular weight excluding hydrogens is 560 g/mol. The number of carbonyl (C=O) groups excluding carboxylic acids is 4. The van der Waals surface area contributed by atoms with Gasteiger partial charge in [-0.05, 0) is 79.9 Å². The standard InChI is InChI=1S/C31H31ClN4O6/c1-2-41-27-18-20(12-17-26(27)42-31(40)21-13-15-22(32)16-14-21)19-33-36-30(39)29(38)35-25-11-7-6-10-24(25)28(37)34-23-8-4-3-5-9-23/h6-7,10-19,23H,2-5,8-9H2,1H3,(H,34,37)(H,35,38)(H,36,39)/b33-19-. The van der Waals surface area contributed by atoms with Gasteiger partial charge in [-0.25, -0.2) is 10.2 Å². The van der Waals surface area contributed by atoms with Crippen LogP contribution in [0.2, 0.25) is 5.02 Å². The monoisotopic (exact) mass is 590 g/mol. The summed E-state index contributed by atoms with van der Waals surface area (Å²) in [6, 6.07) is 17.6. The van der Waals surface area contributed by atoms with Crippen molar-refractivity contribution in [3.05, 3.63) is 88.4 Å². The molecule has 0 unspecified atom stereocenters. The van der Waals surface area contributed by atoms with E-state index in [-0.39, 0.29) is 34.7 Å². The summed E-state index contributed by atoms with van der Waals surface area (Å²) in [6.45, 7) is 2.09.